The largest absolute Gasteiger partial charge is 0.495 e. The molecule has 0 aliphatic rings. The Kier molecular flexibility index (Phi) is 7.65. The summed E-state index contributed by atoms with van der Waals surface area (Å²) in [6.45, 7) is 1.92. The van der Waals surface area contributed by atoms with Crippen molar-refractivity contribution in [1.82, 2.24) is 10.6 Å². The van der Waals surface area contributed by atoms with Gasteiger partial charge in [0.15, 0.2) is 0 Å². The zero-order chi connectivity index (χ0) is 22.1. The number of para-hydroxylation sites is 2. The van der Waals surface area contributed by atoms with Gasteiger partial charge in [0.2, 0.25) is 5.91 Å². The SMILES string of the molecule is COc1ccccc1NC(=O)NC(Cc1ccccc1)C(=O)NC(C)c1ccccc1. The first-order valence-electron chi connectivity index (χ1n) is 10.2. The summed E-state index contributed by atoms with van der Waals surface area (Å²) in [6, 6.07) is 25.0. The van der Waals surface area contributed by atoms with E-state index in [0.29, 0.717) is 17.9 Å². The summed E-state index contributed by atoms with van der Waals surface area (Å²) in [6.07, 6.45) is 0.369. The Hall–Kier alpha value is -3.80. The average Bonchev–Trinajstić information content (AvgIpc) is 2.80. The van der Waals surface area contributed by atoms with Crippen LogP contribution in [-0.2, 0) is 11.2 Å². The van der Waals surface area contributed by atoms with Gasteiger partial charge >= 0.3 is 6.03 Å². The molecule has 6 heteroatoms. The van der Waals surface area contributed by atoms with Crippen LogP contribution >= 0.6 is 0 Å². The van der Waals surface area contributed by atoms with Gasteiger partial charge in [-0.3, -0.25) is 4.79 Å². The molecule has 0 aliphatic carbocycles. The first-order valence-corrected chi connectivity index (χ1v) is 10.2. The van der Waals surface area contributed by atoms with Gasteiger partial charge in [0, 0.05) is 6.42 Å². The summed E-state index contributed by atoms with van der Waals surface area (Å²) in [5, 5.41) is 8.57. The van der Waals surface area contributed by atoms with E-state index in [1.165, 1.54) is 7.11 Å². The molecule has 0 radical (unpaired) electrons. The van der Waals surface area contributed by atoms with E-state index in [2.05, 4.69) is 16.0 Å². The van der Waals surface area contributed by atoms with Crippen molar-refractivity contribution in [2.75, 3.05) is 12.4 Å². The number of rotatable bonds is 8. The molecule has 0 aliphatic heterocycles. The van der Waals surface area contributed by atoms with Gasteiger partial charge in [-0.15, -0.1) is 0 Å². The number of methoxy groups -OCH3 is 1. The molecule has 2 atom stereocenters. The Morgan fingerprint density at radius 3 is 2.13 bits per heavy atom. The van der Waals surface area contributed by atoms with Crippen molar-refractivity contribution < 1.29 is 14.3 Å². The summed E-state index contributed by atoms with van der Waals surface area (Å²) in [7, 11) is 1.54. The monoisotopic (exact) mass is 417 g/mol. The molecule has 2 unspecified atom stereocenters. The van der Waals surface area contributed by atoms with Gasteiger partial charge in [-0.05, 0) is 30.2 Å². The second-order valence-electron chi connectivity index (χ2n) is 7.18. The Morgan fingerprint density at radius 2 is 1.45 bits per heavy atom. The van der Waals surface area contributed by atoms with E-state index >= 15 is 0 Å². The maximum atomic E-state index is 13.1. The third-order valence-electron chi connectivity index (χ3n) is 4.92. The second-order valence-corrected chi connectivity index (χ2v) is 7.18. The predicted octanol–water partition coefficient (Wildman–Crippen LogP) is 4.31. The van der Waals surface area contributed by atoms with Crippen LogP contribution in [0.5, 0.6) is 5.75 Å². The van der Waals surface area contributed by atoms with Gasteiger partial charge in [-0.2, -0.15) is 0 Å². The number of carbonyl (C=O) groups excluding carboxylic acids is 2. The van der Waals surface area contributed by atoms with E-state index < -0.39 is 12.1 Å². The Labute approximate surface area is 182 Å². The van der Waals surface area contributed by atoms with Crippen molar-refractivity contribution in [1.29, 1.82) is 0 Å². The van der Waals surface area contributed by atoms with Gasteiger partial charge < -0.3 is 20.7 Å². The summed E-state index contributed by atoms with van der Waals surface area (Å²) in [5.74, 6) is 0.287. The van der Waals surface area contributed by atoms with E-state index in [-0.39, 0.29) is 11.9 Å². The summed E-state index contributed by atoms with van der Waals surface area (Å²) in [5.41, 5.74) is 2.47. The topological polar surface area (TPSA) is 79.5 Å². The molecule has 0 bridgehead atoms. The molecule has 0 aromatic heterocycles. The lowest BCUT2D eigenvalue weighted by Crippen LogP contribution is -2.49. The number of amides is 3. The van der Waals surface area contributed by atoms with Gasteiger partial charge in [0.05, 0.1) is 18.8 Å². The molecule has 3 amide bonds. The van der Waals surface area contributed by atoms with Crippen LogP contribution in [0.15, 0.2) is 84.9 Å². The molecule has 6 nitrogen and oxygen atoms in total. The number of benzene rings is 3. The lowest BCUT2D eigenvalue weighted by molar-refractivity contribution is -0.123. The quantitative estimate of drug-likeness (QED) is 0.511. The third kappa shape index (κ3) is 6.34. The normalized spacial score (nSPS) is 12.3. The van der Waals surface area contributed by atoms with E-state index in [1.54, 1.807) is 18.2 Å². The molecule has 3 aromatic rings. The van der Waals surface area contributed by atoms with Gasteiger partial charge in [-0.1, -0.05) is 72.8 Å². The molecule has 160 valence electrons. The van der Waals surface area contributed by atoms with E-state index in [4.69, 9.17) is 4.74 Å². The predicted molar refractivity (Wildman–Crippen MR) is 122 cm³/mol. The summed E-state index contributed by atoms with van der Waals surface area (Å²) >= 11 is 0. The van der Waals surface area contributed by atoms with Crippen LogP contribution in [0.25, 0.3) is 0 Å². The van der Waals surface area contributed by atoms with Gasteiger partial charge in [-0.25, -0.2) is 4.79 Å². The highest BCUT2D eigenvalue weighted by atomic mass is 16.5. The minimum Gasteiger partial charge on any atom is -0.495 e. The first-order chi connectivity index (χ1) is 15.1. The van der Waals surface area contributed by atoms with Gasteiger partial charge in [0.25, 0.3) is 0 Å². The van der Waals surface area contributed by atoms with E-state index in [0.717, 1.165) is 11.1 Å². The van der Waals surface area contributed by atoms with Crippen molar-refractivity contribution in [3.63, 3.8) is 0 Å². The zero-order valence-corrected chi connectivity index (χ0v) is 17.7. The van der Waals surface area contributed by atoms with Crippen molar-refractivity contribution >= 4 is 17.6 Å². The first kappa shape index (κ1) is 21.9. The standard InChI is InChI=1S/C25H27N3O3/c1-18(20-13-7-4-8-14-20)26-24(29)22(17-19-11-5-3-6-12-19)28-25(30)27-21-15-9-10-16-23(21)31-2/h3-16,18,22H,17H2,1-2H3,(H,26,29)(H2,27,28,30). The number of carbonyl (C=O) groups is 2. The fraction of sp³-hybridized carbons (Fsp3) is 0.200. The molecular formula is C25H27N3O3. The molecule has 0 spiro atoms. The van der Waals surface area contributed by atoms with Gasteiger partial charge in [0.1, 0.15) is 11.8 Å². The molecule has 3 aromatic carbocycles. The number of hydrogen-bond acceptors (Lipinski definition) is 3. The van der Waals surface area contributed by atoms with E-state index in [9.17, 15) is 9.59 Å². The second kappa shape index (κ2) is 10.8. The smallest absolute Gasteiger partial charge is 0.320 e. The highest BCUT2D eigenvalue weighted by Crippen LogP contribution is 2.22. The number of urea groups is 1. The highest BCUT2D eigenvalue weighted by molar-refractivity contribution is 5.95. The minimum absolute atomic E-state index is 0.189. The van der Waals surface area contributed by atoms with E-state index in [1.807, 2.05) is 73.7 Å². The van der Waals surface area contributed by atoms with Crippen molar-refractivity contribution in [3.8, 4) is 5.75 Å². The Balaban J connectivity index is 1.72. The lowest BCUT2D eigenvalue weighted by atomic mass is 10.0. The average molecular weight is 418 g/mol. The molecule has 0 heterocycles. The number of ether oxygens (including phenoxy) is 1. The maximum absolute atomic E-state index is 13.1. The maximum Gasteiger partial charge on any atom is 0.320 e. The molecule has 0 saturated heterocycles. The molecular weight excluding hydrogens is 390 g/mol. The van der Waals surface area contributed by atoms with Crippen LogP contribution in [-0.4, -0.2) is 25.1 Å². The van der Waals surface area contributed by atoms with Crippen LogP contribution in [0.3, 0.4) is 0 Å². The van der Waals surface area contributed by atoms with Crippen molar-refractivity contribution in [3.05, 3.63) is 96.1 Å². The minimum atomic E-state index is -0.747. The highest BCUT2D eigenvalue weighted by Gasteiger charge is 2.23. The van der Waals surface area contributed by atoms with Crippen molar-refractivity contribution in [2.24, 2.45) is 0 Å². The number of anilines is 1. The lowest BCUT2D eigenvalue weighted by Gasteiger charge is -2.22. The van der Waals surface area contributed by atoms with Crippen LogP contribution in [0.2, 0.25) is 0 Å². The number of hydrogen-bond donors (Lipinski definition) is 3. The summed E-state index contributed by atoms with van der Waals surface area (Å²) in [4.78, 5) is 25.7. The van der Waals surface area contributed by atoms with Crippen molar-refractivity contribution in [2.45, 2.75) is 25.4 Å². The van der Waals surface area contributed by atoms with Crippen LogP contribution in [0.4, 0.5) is 10.5 Å². The summed E-state index contributed by atoms with van der Waals surface area (Å²) < 4.78 is 5.27. The third-order valence-corrected chi connectivity index (χ3v) is 4.92. The Morgan fingerprint density at radius 1 is 0.839 bits per heavy atom. The Bertz CT molecular complexity index is 993. The molecule has 0 fully saturated rings. The number of nitrogens with one attached hydrogen (secondary N) is 3. The van der Waals surface area contributed by atoms with Crippen LogP contribution in [0, 0.1) is 0 Å². The fourth-order valence-electron chi connectivity index (χ4n) is 3.26. The fourth-order valence-corrected chi connectivity index (χ4v) is 3.26. The molecule has 3 N–H and O–H groups in total. The molecule has 31 heavy (non-hydrogen) atoms. The van der Waals surface area contributed by atoms with Crippen LogP contribution < -0.4 is 20.7 Å². The molecule has 3 rings (SSSR count). The van der Waals surface area contributed by atoms with Crippen LogP contribution in [0.1, 0.15) is 24.1 Å². The molecule has 0 saturated carbocycles. The zero-order valence-electron chi connectivity index (χ0n) is 17.7.